The van der Waals surface area contributed by atoms with Crippen molar-refractivity contribution in [1.82, 2.24) is 9.97 Å². The Morgan fingerprint density at radius 3 is 2.56 bits per heavy atom. The van der Waals surface area contributed by atoms with E-state index in [-0.39, 0.29) is 0 Å². The first-order valence-corrected chi connectivity index (χ1v) is 6.29. The summed E-state index contributed by atoms with van der Waals surface area (Å²) in [4.78, 5) is 8.07. The molecule has 0 aromatic carbocycles. The number of nitrogens with zero attached hydrogens (tertiary/aromatic N) is 2. The number of aromatic nitrogens is 2. The highest BCUT2D eigenvalue weighted by atomic mass is 35.5. The quantitative estimate of drug-likeness (QED) is 0.586. The van der Waals surface area contributed by atoms with E-state index in [9.17, 15) is 0 Å². The van der Waals surface area contributed by atoms with Gasteiger partial charge in [-0.25, -0.2) is 9.97 Å². The van der Waals surface area contributed by atoms with Crippen molar-refractivity contribution in [3.05, 3.63) is 17.0 Å². The maximum Gasteiger partial charge on any atom is 0.221 e. The van der Waals surface area contributed by atoms with Crippen molar-refractivity contribution in [2.24, 2.45) is 0 Å². The normalized spacial score (nSPS) is 18.1. The Hall–Kier alpha value is -0.830. The zero-order chi connectivity index (χ0) is 11.4. The average Bonchev–Trinajstić information content (AvgIpc) is 2.53. The van der Waals surface area contributed by atoms with Crippen LogP contribution in [0.4, 0.5) is 0 Å². The second-order valence-corrected chi connectivity index (χ2v) is 4.68. The first-order chi connectivity index (χ1) is 7.77. The highest BCUT2D eigenvalue weighted by Gasteiger charge is 2.16. The Balaban J connectivity index is 2.04. The lowest BCUT2D eigenvalue weighted by Crippen LogP contribution is -2.16. The van der Waals surface area contributed by atoms with E-state index in [0.717, 1.165) is 18.4 Å². The fourth-order valence-corrected chi connectivity index (χ4v) is 2.17. The monoisotopic (exact) mass is 240 g/mol. The molecule has 3 nitrogen and oxygen atoms in total. The lowest BCUT2D eigenvalue weighted by molar-refractivity contribution is 0.174. The first-order valence-electron chi connectivity index (χ1n) is 5.91. The van der Waals surface area contributed by atoms with E-state index < -0.39 is 0 Å². The molecule has 1 fully saturated rings. The minimum absolute atomic E-state index is 0.298. The fourth-order valence-electron chi connectivity index (χ4n) is 2.05. The molecule has 0 radical (unpaired) electrons. The largest absolute Gasteiger partial charge is 0.474 e. The Morgan fingerprint density at radius 2 is 1.88 bits per heavy atom. The fraction of sp³-hybridized carbons (Fsp3) is 0.667. The molecule has 16 heavy (non-hydrogen) atoms. The summed E-state index contributed by atoms with van der Waals surface area (Å²) < 4.78 is 5.91. The molecule has 1 heterocycles. The molecule has 1 saturated carbocycles. The molecule has 88 valence electrons. The SMILES string of the molecule is Cc1c(Cl)ncnc1OC1CCCCCC1. The smallest absolute Gasteiger partial charge is 0.221 e. The van der Waals surface area contributed by atoms with Gasteiger partial charge >= 0.3 is 0 Å². The molecule has 0 aliphatic heterocycles. The van der Waals surface area contributed by atoms with E-state index in [1.165, 1.54) is 32.0 Å². The molecular weight excluding hydrogens is 224 g/mol. The number of halogens is 1. The van der Waals surface area contributed by atoms with E-state index in [1.807, 2.05) is 6.92 Å². The van der Waals surface area contributed by atoms with Gasteiger partial charge in [0, 0.05) is 5.56 Å². The van der Waals surface area contributed by atoms with E-state index in [0.29, 0.717) is 17.1 Å². The van der Waals surface area contributed by atoms with Crippen LogP contribution in [-0.4, -0.2) is 16.1 Å². The molecule has 1 aliphatic carbocycles. The van der Waals surface area contributed by atoms with Crippen LogP contribution in [0.15, 0.2) is 6.33 Å². The topological polar surface area (TPSA) is 35.0 Å². The van der Waals surface area contributed by atoms with Crippen molar-refractivity contribution in [3.63, 3.8) is 0 Å². The summed E-state index contributed by atoms with van der Waals surface area (Å²) in [5.41, 5.74) is 0.841. The predicted octanol–water partition coefficient (Wildman–Crippen LogP) is 3.54. The number of hydrogen-bond donors (Lipinski definition) is 0. The minimum atomic E-state index is 0.298. The third kappa shape index (κ3) is 2.85. The summed E-state index contributed by atoms with van der Waals surface area (Å²) in [5, 5.41) is 0.485. The van der Waals surface area contributed by atoms with Crippen LogP contribution in [0.5, 0.6) is 5.88 Å². The third-order valence-corrected chi connectivity index (χ3v) is 3.44. The van der Waals surface area contributed by atoms with E-state index in [2.05, 4.69) is 9.97 Å². The highest BCUT2D eigenvalue weighted by molar-refractivity contribution is 6.30. The molecule has 1 aliphatic rings. The first kappa shape index (κ1) is 11.6. The van der Waals surface area contributed by atoms with Crippen molar-refractivity contribution in [1.29, 1.82) is 0 Å². The summed E-state index contributed by atoms with van der Waals surface area (Å²) in [6, 6.07) is 0. The third-order valence-electron chi connectivity index (χ3n) is 3.06. The van der Waals surface area contributed by atoms with Crippen LogP contribution in [0, 0.1) is 6.92 Å². The van der Waals surface area contributed by atoms with Crippen molar-refractivity contribution in [2.45, 2.75) is 51.6 Å². The number of hydrogen-bond acceptors (Lipinski definition) is 3. The van der Waals surface area contributed by atoms with Crippen LogP contribution < -0.4 is 4.74 Å². The molecule has 0 amide bonds. The molecule has 2 rings (SSSR count). The van der Waals surface area contributed by atoms with Crippen molar-refractivity contribution in [2.75, 3.05) is 0 Å². The van der Waals surface area contributed by atoms with Crippen LogP contribution >= 0.6 is 11.6 Å². The van der Waals surface area contributed by atoms with Gasteiger partial charge in [0.05, 0.1) is 0 Å². The van der Waals surface area contributed by atoms with Gasteiger partial charge in [0.15, 0.2) is 0 Å². The standard InChI is InChI=1S/C12H17ClN2O/c1-9-11(13)14-8-15-12(9)16-10-6-4-2-3-5-7-10/h8,10H,2-7H2,1H3. The van der Waals surface area contributed by atoms with Gasteiger partial charge in [-0.3, -0.25) is 0 Å². The second-order valence-electron chi connectivity index (χ2n) is 4.33. The summed E-state index contributed by atoms with van der Waals surface area (Å²) in [6.45, 7) is 1.90. The highest BCUT2D eigenvalue weighted by Crippen LogP contribution is 2.25. The summed E-state index contributed by atoms with van der Waals surface area (Å²) in [6.07, 6.45) is 9.16. The van der Waals surface area contributed by atoms with Gasteiger partial charge in [-0.2, -0.15) is 0 Å². The molecule has 0 spiro atoms. The van der Waals surface area contributed by atoms with Crippen molar-refractivity contribution < 1.29 is 4.74 Å². The molecule has 1 aromatic heterocycles. The molecule has 0 atom stereocenters. The van der Waals surface area contributed by atoms with Crippen LogP contribution in [0.1, 0.15) is 44.1 Å². The van der Waals surface area contributed by atoms with Gasteiger partial charge in [0.1, 0.15) is 17.6 Å². The van der Waals surface area contributed by atoms with Gasteiger partial charge in [-0.05, 0) is 32.6 Å². The van der Waals surface area contributed by atoms with Crippen LogP contribution in [0.3, 0.4) is 0 Å². The zero-order valence-electron chi connectivity index (χ0n) is 9.58. The molecule has 0 bridgehead atoms. The molecule has 0 saturated heterocycles. The molecular formula is C12H17ClN2O. The second kappa shape index (κ2) is 5.48. The Morgan fingerprint density at radius 1 is 1.19 bits per heavy atom. The summed E-state index contributed by atoms with van der Waals surface area (Å²) in [5.74, 6) is 0.645. The number of ether oxygens (including phenoxy) is 1. The minimum Gasteiger partial charge on any atom is -0.474 e. The maximum atomic E-state index is 5.93. The molecule has 4 heteroatoms. The van der Waals surface area contributed by atoms with E-state index in [1.54, 1.807) is 0 Å². The lowest BCUT2D eigenvalue weighted by Gasteiger charge is -2.17. The zero-order valence-corrected chi connectivity index (χ0v) is 10.3. The summed E-state index contributed by atoms with van der Waals surface area (Å²) in [7, 11) is 0. The van der Waals surface area contributed by atoms with E-state index >= 15 is 0 Å². The molecule has 0 unspecified atom stereocenters. The Bertz CT molecular complexity index is 349. The van der Waals surface area contributed by atoms with Crippen LogP contribution in [-0.2, 0) is 0 Å². The van der Waals surface area contributed by atoms with Gasteiger partial charge in [0.2, 0.25) is 5.88 Å². The van der Waals surface area contributed by atoms with Gasteiger partial charge < -0.3 is 4.74 Å². The van der Waals surface area contributed by atoms with Crippen molar-refractivity contribution in [3.8, 4) is 5.88 Å². The lowest BCUT2D eigenvalue weighted by atomic mass is 10.1. The van der Waals surface area contributed by atoms with Crippen LogP contribution in [0.2, 0.25) is 5.15 Å². The Labute approximate surface area is 101 Å². The number of rotatable bonds is 2. The van der Waals surface area contributed by atoms with Crippen LogP contribution in [0.25, 0.3) is 0 Å². The molecule has 1 aromatic rings. The average molecular weight is 241 g/mol. The summed E-state index contributed by atoms with van der Waals surface area (Å²) >= 11 is 5.93. The van der Waals surface area contributed by atoms with Crippen molar-refractivity contribution >= 4 is 11.6 Å². The van der Waals surface area contributed by atoms with Gasteiger partial charge in [-0.1, -0.05) is 24.4 Å². The maximum absolute atomic E-state index is 5.93. The van der Waals surface area contributed by atoms with Gasteiger partial charge in [-0.15, -0.1) is 0 Å². The predicted molar refractivity (Wildman–Crippen MR) is 63.9 cm³/mol. The van der Waals surface area contributed by atoms with Gasteiger partial charge in [0.25, 0.3) is 0 Å². The Kier molecular flexibility index (Phi) is 3.99. The van der Waals surface area contributed by atoms with E-state index in [4.69, 9.17) is 16.3 Å². The molecule has 0 N–H and O–H groups in total.